The number of nitrogens with zero attached hydrogens (tertiary/aromatic N) is 5. The van der Waals surface area contributed by atoms with Crippen LogP contribution in [0.4, 0.5) is 5.82 Å². The van der Waals surface area contributed by atoms with Gasteiger partial charge in [0.25, 0.3) is 0 Å². The van der Waals surface area contributed by atoms with Crippen LogP contribution in [0.25, 0.3) is 10.2 Å². The normalized spacial score (nSPS) is 17.1. The number of hydrogen-bond donors (Lipinski definition) is 1. The molecule has 1 fully saturated rings. The molecule has 3 aromatic rings. The van der Waals surface area contributed by atoms with E-state index in [0.717, 1.165) is 50.2 Å². The summed E-state index contributed by atoms with van der Waals surface area (Å²) in [6.45, 7) is 7.46. The smallest absolute Gasteiger partial charge is 0.150 e. The molecule has 0 radical (unpaired) electrons. The van der Waals surface area contributed by atoms with Crippen molar-refractivity contribution in [2.45, 2.75) is 51.7 Å². The Morgan fingerprint density at radius 2 is 2.15 bits per heavy atom. The predicted molar refractivity (Wildman–Crippen MR) is 107 cm³/mol. The number of anilines is 1. The Bertz CT molecular complexity index is 835. The molecule has 0 spiro atoms. The van der Waals surface area contributed by atoms with Gasteiger partial charge in [0.05, 0.1) is 10.2 Å². The van der Waals surface area contributed by atoms with E-state index < -0.39 is 0 Å². The van der Waals surface area contributed by atoms with Gasteiger partial charge in [-0.1, -0.05) is 0 Å². The van der Waals surface area contributed by atoms with Gasteiger partial charge in [-0.3, -0.25) is 4.68 Å². The Morgan fingerprint density at radius 1 is 1.31 bits per heavy atom. The van der Waals surface area contributed by atoms with E-state index in [-0.39, 0.29) is 0 Å². The summed E-state index contributed by atoms with van der Waals surface area (Å²) in [4.78, 5) is 11.5. The molecule has 3 aromatic heterocycles. The zero-order chi connectivity index (χ0) is 17.9. The molecule has 1 N–H and O–H groups in total. The van der Waals surface area contributed by atoms with Crippen LogP contribution >= 0.6 is 11.3 Å². The minimum atomic E-state index is 0.501. The molecule has 0 aliphatic carbocycles. The third kappa shape index (κ3) is 3.73. The lowest BCUT2D eigenvalue weighted by atomic mass is 10.0. The maximum absolute atomic E-state index is 4.58. The first kappa shape index (κ1) is 17.4. The van der Waals surface area contributed by atoms with Crippen LogP contribution in [0, 0.1) is 6.92 Å². The van der Waals surface area contributed by atoms with Crippen LogP contribution in [0.15, 0.2) is 30.2 Å². The fourth-order valence-electron chi connectivity index (χ4n) is 3.68. The number of thiophene rings is 1. The highest BCUT2D eigenvalue weighted by atomic mass is 32.1. The molecule has 0 amide bonds. The summed E-state index contributed by atoms with van der Waals surface area (Å²) in [6, 6.07) is 3.07. The van der Waals surface area contributed by atoms with Crippen molar-refractivity contribution < 1.29 is 0 Å². The molecule has 1 aliphatic rings. The Balaban J connectivity index is 1.31. The SMILES string of the molecule is Cc1csc2c(N3CCC(N[C@@H](C)CCn4cccn4)CC3)ncnc12. The van der Waals surface area contributed by atoms with Crippen molar-refractivity contribution in [2.75, 3.05) is 18.0 Å². The highest BCUT2D eigenvalue weighted by molar-refractivity contribution is 7.18. The van der Waals surface area contributed by atoms with Crippen LogP contribution in [0.5, 0.6) is 0 Å². The summed E-state index contributed by atoms with van der Waals surface area (Å²) >= 11 is 1.76. The maximum Gasteiger partial charge on any atom is 0.150 e. The monoisotopic (exact) mass is 370 g/mol. The summed E-state index contributed by atoms with van der Waals surface area (Å²) in [5.41, 5.74) is 2.35. The van der Waals surface area contributed by atoms with E-state index in [1.54, 1.807) is 17.7 Å². The summed E-state index contributed by atoms with van der Waals surface area (Å²) in [5, 5.41) is 10.3. The van der Waals surface area contributed by atoms with Gasteiger partial charge in [0.1, 0.15) is 12.1 Å². The minimum absolute atomic E-state index is 0.501. The number of aryl methyl sites for hydroxylation is 2. The fraction of sp³-hybridized carbons (Fsp3) is 0.526. The number of hydrogen-bond acceptors (Lipinski definition) is 6. The third-order valence-electron chi connectivity index (χ3n) is 5.18. The molecule has 7 heteroatoms. The molecule has 1 aliphatic heterocycles. The van der Waals surface area contributed by atoms with E-state index in [1.165, 1.54) is 10.3 Å². The van der Waals surface area contributed by atoms with Crippen molar-refractivity contribution in [3.05, 3.63) is 35.7 Å². The lowest BCUT2D eigenvalue weighted by Crippen LogP contribution is -2.46. The first-order valence-electron chi connectivity index (χ1n) is 9.38. The molecule has 4 heterocycles. The van der Waals surface area contributed by atoms with Gasteiger partial charge >= 0.3 is 0 Å². The summed E-state index contributed by atoms with van der Waals surface area (Å²) in [6.07, 6.45) is 8.98. The Kier molecular flexibility index (Phi) is 5.17. The lowest BCUT2D eigenvalue weighted by molar-refractivity contribution is 0.354. The molecule has 4 rings (SSSR count). The molecule has 1 saturated heterocycles. The standard InChI is InChI=1S/C19H26N6S/c1-14-12-26-18-17(14)20-13-21-19(18)24-9-5-16(6-10-24)23-15(2)4-11-25-8-3-7-22-25/h3,7-8,12-13,15-16,23H,4-6,9-11H2,1-2H3/t15-/m0/s1. The van der Waals surface area contributed by atoms with Crippen LogP contribution in [0.3, 0.4) is 0 Å². The number of piperidine rings is 1. The molecule has 26 heavy (non-hydrogen) atoms. The van der Waals surface area contributed by atoms with Gasteiger partial charge in [-0.15, -0.1) is 11.3 Å². The van der Waals surface area contributed by atoms with Gasteiger partial charge in [0, 0.05) is 44.1 Å². The van der Waals surface area contributed by atoms with Crippen LogP contribution in [0.2, 0.25) is 0 Å². The summed E-state index contributed by atoms with van der Waals surface area (Å²) in [7, 11) is 0. The fourth-order valence-corrected chi connectivity index (χ4v) is 4.70. The zero-order valence-electron chi connectivity index (χ0n) is 15.4. The van der Waals surface area contributed by atoms with Crippen LogP contribution in [0.1, 0.15) is 31.7 Å². The van der Waals surface area contributed by atoms with Gasteiger partial charge < -0.3 is 10.2 Å². The Labute approximate surface area is 158 Å². The molecular weight excluding hydrogens is 344 g/mol. The molecule has 0 unspecified atom stereocenters. The average molecular weight is 371 g/mol. The summed E-state index contributed by atoms with van der Waals surface area (Å²) < 4.78 is 3.23. The molecular formula is C19H26N6S. The number of nitrogens with one attached hydrogen (secondary N) is 1. The van der Waals surface area contributed by atoms with Crippen molar-refractivity contribution in [3.63, 3.8) is 0 Å². The molecule has 0 aromatic carbocycles. The van der Waals surface area contributed by atoms with Crippen molar-refractivity contribution in [1.82, 2.24) is 25.1 Å². The minimum Gasteiger partial charge on any atom is -0.355 e. The second-order valence-electron chi connectivity index (χ2n) is 7.18. The zero-order valence-corrected chi connectivity index (χ0v) is 16.2. The van der Waals surface area contributed by atoms with E-state index >= 15 is 0 Å². The van der Waals surface area contributed by atoms with E-state index in [2.05, 4.69) is 44.5 Å². The van der Waals surface area contributed by atoms with Gasteiger partial charge in [-0.25, -0.2) is 9.97 Å². The highest BCUT2D eigenvalue weighted by Crippen LogP contribution is 2.32. The molecule has 1 atom stereocenters. The Morgan fingerprint density at radius 3 is 2.92 bits per heavy atom. The first-order valence-corrected chi connectivity index (χ1v) is 10.3. The van der Waals surface area contributed by atoms with Crippen LogP contribution in [-0.2, 0) is 6.54 Å². The van der Waals surface area contributed by atoms with Crippen LogP contribution in [-0.4, -0.2) is 44.9 Å². The van der Waals surface area contributed by atoms with Gasteiger partial charge in [0.15, 0.2) is 0 Å². The van der Waals surface area contributed by atoms with E-state index in [9.17, 15) is 0 Å². The molecule has 0 bridgehead atoms. The van der Waals surface area contributed by atoms with Crippen molar-refractivity contribution in [1.29, 1.82) is 0 Å². The van der Waals surface area contributed by atoms with E-state index in [0.29, 0.717) is 12.1 Å². The second kappa shape index (κ2) is 7.72. The number of rotatable bonds is 6. The quantitative estimate of drug-likeness (QED) is 0.722. The van der Waals surface area contributed by atoms with Crippen molar-refractivity contribution in [2.24, 2.45) is 0 Å². The van der Waals surface area contributed by atoms with Crippen molar-refractivity contribution in [3.8, 4) is 0 Å². The topological polar surface area (TPSA) is 58.9 Å². The van der Waals surface area contributed by atoms with Gasteiger partial charge in [0.2, 0.25) is 0 Å². The van der Waals surface area contributed by atoms with Crippen molar-refractivity contribution >= 4 is 27.4 Å². The molecule has 6 nitrogen and oxygen atoms in total. The summed E-state index contributed by atoms with van der Waals surface area (Å²) in [5.74, 6) is 1.11. The number of aromatic nitrogens is 4. The largest absolute Gasteiger partial charge is 0.355 e. The van der Waals surface area contributed by atoms with Gasteiger partial charge in [-0.2, -0.15) is 5.10 Å². The first-order chi connectivity index (χ1) is 12.7. The number of fused-ring (bicyclic) bond motifs is 1. The molecule has 138 valence electrons. The molecule has 0 saturated carbocycles. The van der Waals surface area contributed by atoms with E-state index in [1.807, 2.05) is 23.1 Å². The predicted octanol–water partition coefficient (Wildman–Crippen LogP) is 3.23. The third-order valence-corrected chi connectivity index (χ3v) is 6.26. The second-order valence-corrected chi connectivity index (χ2v) is 8.06. The van der Waals surface area contributed by atoms with E-state index in [4.69, 9.17) is 0 Å². The van der Waals surface area contributed by atoms with Gasteiger partial charge in [-0.05, 0) is 50.1 Å². The highest BCUT2D eigenvalue weighted by Gasteiger charge is 2.23. The maximum atomic E-state index is 4.58. The average Bonchev–Trinajstić information content (AvgIpc) is 3.31. The Hall–Kier alpha value is -1.99. The lowest BCUT2D eigenvalue weighted by Gasteiger charge is -2.34. The van der Waals surface area contributed by atoms with Crippen LogP contribution < -0.4 is 10.2 Å².